The van der Waals surface area contributed by atoms with Crippen molar-refractivity contribution in [2.24, 2.45) is 0 Å². The number of benzene rings is 2. The molecule has 2 aromatic carbocycles. The van der Waals surface area contributed by atoms with E-state index in [2.05, 4.69) is 20.5 Å². The minimum atomic E-state index is -4.79. The molecule has 0 radical (unpaired) electrons. The summed E-state index contributed by atoms with van der Waals surface area (Å²) in [5.41, 5.74) is -2.84. The SMILES string of the molecule is Cc1nnc2n1-c1c(F)c(-c3cc(F)cc4[nH]ccc34)cc(C(F)(F)F)c1NC2(C)C. The fraction of sp³-hybridized carbons (Fsp3) is 0.238. The lowest BCUT2D eigenvalue weighted by molar-refractivity contribution is -0.137. The largest absolute Gasteiger partial charge is 0.418 e. The van der Waals surface area contributed by atoms with Gasteiger partial charge in [-0.1, -0.05) is 0 Å². The van der Waals surface area contributed by atoms with Gasteiger partial charge in [0.1, 0.15) is 17.3 Å². The number of hydrogen-bond acceptors (Lipinski definition) is 3. The molecule has 5 rings (SSSR count). The van der Waals surface area contributed by atoms with Crippen LogP contribution in [0.25, 0.3) is 27.7 Å². The van der Waals surface area contributed by atoms with Gasteiger partial charge < -0.3 is 10.3 Å². The summed E-state index contributed by atoms with van der Waals surface area (Å²) in [5.74, 6) is -1.12. The highest BCUT2D eigenvalue weighted by atomic mass is 19.4. The van der Waals surface area contributed by atoms with Crippen molar-refractivity contribution < 1.29 is 22.0 Å². The molecule has 0 saturated carbocycles. The molecule has 2 aromatic heterocycles. The van der Waals surface area contributed by atoms with Crippen LogP contribution in [0.5, 0.6) is 0 Å². The number of aryl methyl sites for hydroxylation is 1. The highest BCUT2D eigenvalue weighted by Gasteiger charge is 2.43. The van der Waals surface area contributed by atoms with Crippen LogP contribution in [-0.2, 0) is 11.7 Å². The fourth-order valence-corrected chi connectivity index (χ4v) is 4.16. The van der Waals surface area contributed by atoms with E-state index < -0.39 is 34.6 Å². The van der Waals surface area contributed by atoms with Gasteiger partial charge >= 0.3 is 6.18 Å². The van der Waals surface area contributed by atoms with Crippen LogP contribution < -0.4 is 5.32 Å². The Kier molecular flexibility index (Phi) is 3.81. The summed E-state index contributed by atoms with van der Waals surface area (Å²) in [6, 6.07) is 4.52. The Bertz CT molecular complexity index is 1360. The third kappa shape index (κ3) is 2.74. The van der Waals surface area contributed by atoms with Crippen molar-refractivity contribution in [3.05, 3.63) is 59.3 Å². The lowest BCUT2D eigenvalue weighted by atomic mass is 9.92. The third-order valence-corrected chi connectivity index (χ3v) is 5.51. The zero-order valence-electron chi connectivity index (χ0n) is 16.6. The number of halogens is 5. The maximum Gasteiger partial charge on any atom is 0.418 e. The lowest BCUT2D eigenvalue weighted by Gasteiger charge is -2.36. The Labute approximate surface area is 172 Å². The average Bonchev–Trinajstić information content (AvgIpc) is 3.27. The molecule has 4 aromatic rings. The maximum atomic E-state index is 15.9. The van der Waals surface area contributed by atoms with Gasteiger partial charge in [-0.15, -0.1) is 10.2 Å². The topological polar surface area (TPSA) is 58.5 Å². The second kappa shape index (κ2) is 6.05. The molecule has 0 unspecified atom stereocenters. The fourth-order valence-electron chi connectivity index (χ4n) is 4.16. The molecule has 31 heavy (non-hydrogen) atoms. The number of nitrogens with zero attached hydrogens (tertiary/aromatic N) is 3. The number of rotatable bonds is 1. The van der Waals surface area contributed by atoms with Crippen molar-refractivity contribution in [2.75, 3.05) is 5.32 Å². The first-order valence-electron chi connectivity index (χ1n) is 9.41. The van der Waals surface area contributed by atoms with Crippen molar-refractivity contribution in [3.8, 4) is 16.8 Å². The molecule has 5 nitrogen and oxygen atoms in total. The highest BCUT2D eigenvalue weighted by molar-refractivity contribution is 5.96. The van der Waals surface area contributed by atoms with Gasteiger partial charge in [0.15, 0.2) is 11.6 Å². The predicted octanol–water partition coefficient (Wildman–Crippen LogP) is 5.68. The van der Waals surface area contributed by atoms with E-state index in [0.717, 1.165) is 12.1 Å². The van der Waals surface area contributed by atoms with E-state index in [-0.39, 0.29) is 28.5 Å². The number of alkyl halides is 3. The summed E-state index contributed by atoms with van der Waals surface area (Å²) in [7, 11) is 0. The monoisotopic (exact) mass is 433 g/mol. The molecule has 0 bridgehead atoms. The van der Waals surface area contributed by atoms with Gasteiger partial charge in [0.2, 0.25) is 0 Å². The van der Waals surface area contributed by atoms with Crippen LogP contribution >= 0.6 is 0 Å². The average molecular weight is 433 g/mol. The van der Waals surface area contributed by atoms with Gasteiger partial charge in [-0.25, -0.2) is 8.78 Å². The lowest BCUT2D eigenvalue weighted by Crippen LogP contribution is -2.37. The van der Waals surface area contributed by atoms with Crippen LogP contribution in [0.1, 0.15) is 31.1 Å². The molecule has 0 fully saturated rings. The molecule has 0 amide bonds. The van der Waals surface area contributed by atoms with E-state index in [1.807, 2.05) is 0 Å². The van der Waals surface area contributed by atoms with Crippen LogP contribution in [0, 0.1) is 18.6 Å². The van der Waals surface area contributed by atoms with Crippen LogP contribution in [0.3, 0.4) is 0 Å². The quantitative estimate of drug-likeness (QED) is 0.380. The Balaban J connectivity index is 1.94. The van der Waals surface area contributed by atoms with E-state index in [1.54, 1.807) is 19.9 Å². The molecule has 1 aliphatic heterocycles. The molecule has 0 atom stereocenters. The minimum absolute atomic E-state index is 0.0131. The maximum absolute atomic E-state index is 15.9. The molecule has 160 valence electrons. The van der Waals surface area contributed by atoms with Crippen molar-refractivity contribution in [1.29, 1.82) is 0 Å². The molecule has 1 aliphatic rings. The van der Waals surface area contributed by atoms with Gasteiger partial charge in [0.25, 0.3) is 0 Å². The first kappa shape index (κ1) is 19.5. The summed E-state index contributed by atoms with van der Waals surface area (Å²) < 4.78 is 73.8. The normalized spacial score (nSPS) is 15.0. The van der Waals surface area contributed by atoms with Gasteiger partial charge in [-0.05, 0) is 50.6 Å². The Morgan fingerprint density at radius 1 is 1.03 bits per heavy atom. The Morgan fingerprint density at radius 2 is 1.77 bits per heavy atom. The summed E-state index contributed by atoms with van der Waals surface area (Å²) >= 11 is 0. The summed E-state index contributed by atoms with van der Waals surface area (Å²) in [6.07, 6.45) is -3.28. The summed E-state index contributed by atoms with van der Waals surface area (Å²) in [5, 5.41) is 11.2. The molecule has 10 heteroatoms. The first-order chi connectivity index (χ1) is 14.5. The second-order valence-corrected chi connectivity index (χ2v) is 8.06. The van der Waals surface area contributed by atoms with Crippen molar-refractivity contribution in [2.45, 2.75) is 32.5 Å². The molecular weight excluding hydrogens is 417 g/mol. The highest BCUT2D eigenvalue weighted by Crippen LogP contribution is 2.48. The molecule has 0 aliphatic carbocycles. The molecule has 0 saturated heterocycles. The number of aromatic amines is 1. The van der Waals surface area contributed by atoms with E-state index >= 15 is 4.39 Å². The zero-order valence-corrected chi connectivity index (χ0v) is 16.6. The van der Waals surface area contributed by atoms with Crippen molar-refractivity contribution in [1.82, 2.24) is 19.7 Å². The number of fused-ring (bicyclic) bond motifs is 4. The van der Waals surface area contributed by atoms with Gasteiger partial charge in [-0.3, -0.25) is 4.57 Å². The molecule has 0 spiro atoms. The summed E-state index contributed by atoms with van der Waals surface area (Å²) in [4.78, 5) is 2.81. The standard InChI is InChI=1S/C21H16F5N5/c1-9-29-30-19-20(2,3)28-17-14(21(24,25)26)8-13(16(23)18(17)31(9)19)12-6-10(22)7-15-11(12)4-5-27-15/h4-8,27-28H,1-3H3. The van der Waals surface area contributed by atoms with E-state index in [0.29, 0.717) is 10.9 Å². The van der Waals surface area contributed by atoms with Crippen LogP contribution in [0.4, 0.5) is 27.6 Å². The van der Waals surface area contributed by atoms with Crippen molar-refractivity contribution >= 4 is 16.6 Å². The third-order valence-electron chi connectivity index (χ3n) is 5.51. The number of H-pyrrole nitrogens is 1. The van der Waals surface area contributed by atoms with E-state index in [1.165, 1.54) is 23.8 Å². The van der Waals surface area contributed by atoms with Gasteiger partial charge in [0.05, 0.1) is 16.8 Å². The molecular formula is C21H16F5N5. The molecule has 3 heterocycles. The van der Waals surface area contributed by atoms with Gasteiger partial charge in [0, 0.05) is 22.7 Å². The Morgan fingerprint density at radius 3 is 2.48 bits per heavy atom. The number of aromatic nitrogens is 4. The smallest absolute Gasteiger partial charge is 0.371 e. The van der Waals surface area contributed by atoms with Crippen LogP contribution in [0.2, 0.25) is 0 Å². The minimum Gasteiger partial charge on any atom is -0.371 e. The number of nitrogens with one attached hydrogen (secondary N) is 2. The summed E-state index contributed by atoms with van der Waals surface area (Å²) in [6.45, 7) is 4.81. The Hall–Kier alpha value is -3.43. The zero-order chi connectivity index (χ0) is 22.3. The number of hydrogen-bond donors (Lipinski definition) is 2. The van der Waals surface area contributed by atoms with Crippen LogP contribution in [-0.4, -0.2) is 19.7 Å². The van der Waals surface area contributed by atoms with Crippen LogP contribution in [0.15, 0.2) is 30.5 Å². The second-order valence-electron chi connectivity index (χ2n) is 8.06. The first-order valence-corrected chi connectivity index (χ1v) is 9.41. The number of anilines is 1. The predicted molar refractivity (Wildman–Crippen MR) is 105 cm³/mol. The van der Waals surface area contributed by atoms with Crippen molar-refractivity contribution in [3.63, 3.8) is 0 Å². The van der Waals surface area contributed by atoms with E-state index in [4.69, 9.17) is 0 Å². The van der Waals surface area contributed by atoms with Gasteiger partial charge in [-0.2, -0.15) is 13.2 Å². The molecule has 2 N–H and O–H groups in total. The van der Waals surface area contributed by atoms with E-state index in [9.17, 15) is 17.6 Å².